The lowest BCUT2D eigenvalue weighted by Crippen LogP contribution is -2.54. The first-order valence-electron chi connectivity index (χ1n) is 11.7. The highest BCUT2D eigenvalue weighted by molar-refractivity contribution is 8.02. The first kappa shape index (κ1) is 23.1. The van der Waals surface area contributed by atoms with Gasteiger partial charge in [-0.3, -0.25) is 14.4 Å². The Morgan fingerprint density at radius 2 is 1.97 bits per heavy atom. The van der Waals surface area contributed by atoms with Gasteiger partial charge < -0.3 is 20.6 Å². The molecule has 3 aliphatic rings. The summed E-state index contributed by atoms with van der Waals surface area (Å²) in [5, 5.41) is 15.7. The molecule has 0 radical (unpaired) electrons. The predicted octanol–water partition coefficient (Wildman–Crippen LogP) is 1.69. The number of carbonyl (C=O) groups is 3. The van der Waals surface area contributed by atoms with Gasteiger partial charge in [0.15, 0.2) is 0 Å². The summed E-state index contributed by atoms with van der Waals surface area (Å²) in [7, 11) is 0. The average Bonchev–Trinajstić information content (AvgIpc) is 3.44. The topological polar surface area (TPSA) is 98.7 Å². The van der Waals surface area contributed by atoms with E-state index in [2.05, 4.69) is 17.6 Å². The summed E-state index contributed by atoms with van der Waals surface area (Å²) in [6, 6.07) is 9.08. The highest BCUT2D eigenvalue weighted by Crippen LogP contribution is 2.66. The molecule has 1 aromatic carbocycles. The quantitative estimate of drug-likeness (QED) is 0.463. The SMILES string of the molecule is CCCCCNC(=O)C1N(CCO)C(=O)[C@@H]2[C@H](C(=O)NCc3ccccc3)[C@@H]3CCC12S3. The molecule has 2 bridgehead atoms. The monoisotopic (exact) mass is 459 g/mol. The molecule has 0 aromatic heterocycles. The van der Waals surface area contributed by atoms with Crippen molar-refractivity contribution in [1.29, 1.82) is 0 Å². The Balaban J connectivity index is 1.52. The van der Waals surface area contributed by atoms with Gasteiger partial charge in [0.25, 0.3) is 0 Å². The molecule has 3 saturated heterocycles. The fourth-order valence-electron chi connectivity index (χ4n) is 5.69. The third-order valence-electron chi connectivity index (χ3n) is 7.08. The van der Waals surface area contributed by atoms with Gasteiger partial charge in [-0.05, 0) is 24.8 Å². The van der Waals surface area contributed by atoms with Crippen LogP contribution in [-0.4, -0.2) is 63.5 Å². The van der Waals surface area contributed by atoms with Crippen LogP contribution in [0.3, 0.4) is 0 Å². The number of unbranched alkanes of at least 4 members (excludes halogenated alkanes) is 2. The van der Waals surface area contributed by atoms with Crippen LogP contribution in [0.15, 0.2) is 30.3 Å². The third-order valence-corrected chi connectivity index (χ3v) is 9.03. The minimum absolute atomic E-state index is 0.0476. The van der Waals surface area contributed by atoms with Crippen LogP contribution in [0.2, 0.25) is 0 Å². The highest BCUT2D eigenvalue weighted by atomic mass is 32.2. The molecule has 8 heteroatoms. The van der Waals surface area contributed by atoms with Crippen molar-refractivity contribution in [3.05, 3.63) is 35.9 Å². The van der Waals surface area contributed by atoms with Gasteiger partial charge in [0, 0.05) is 24.9 Å². The predicted molar refractivity (Wildman–Crippen MR) is 124 cm³/mol. The van der Waals surface area contributed by atoms with Crippen molar-refractivity contribution in [3.63, 3.8) is 0 Å². The first-order chi connectivity index (χ1) is 15.5. The Morgan fingerprint density at radius 3 is 2.69 bits per heavy atom. The summed E-state index contributed by atoms with van der Waals surface area (Å²) in [4.78, 5) is 41.5. The zero-order valence-corrected chi connectivity index (χ0v) is 19.4. The summed E-state index contributed by atoms with van der Waals surface area (Å²) in [5.41, 5.74) is 1.01. The number of carbonyl (C=O) groups excluding carboxylic acids is 3. The molecular weight excluding hydrogens is 426 g/mol. The highest BCUT2D eigenvalue weighted by Gasteiger charge is 2.73. The van der Waals surface area contributed by atoms with Gasteiger partial charge in [-0.1, -0.05) is 50.1 Å². The van der Waals surface area contributed by atoms with Gasteiger partial charge in [-0.25, -0.2) is 0 Å². The lowest BCUT2D eigenvalue weighted by Gasteiger charge is -2.34. The number of rotatable bonds is 10. The van der Waals surface area contributed by atoms with Gasteiger partial charge in [-0.2, -0.15) is 0 Å². The minimum atomic E-state index is -0.629. The van der Waals surface area contributed by atoms with Crippen LogP contribution in [0.1, 0.15) is 44.6 Å². The van der Waals surface area contributed by atoms with E-state index in [1.54, 1.807) is 11.8 Å². The van der Waals surface area contributed by atoms with E-state index in [-0.39, 0.29) is 36.1 Å². The number of aliphatic hydroxyl groups is 1. The molecule has 3 heterocycles. The normalized spacial score (nSPS) is 30.4. The summed E-state index contributed by atoms with van der Waals surface area (Å²) >= 11 is 1.66. The summed E-state index contributed by atoms with van der Waals surface area (Å²) in [6.45, 7) is 3.03. The molecule has 174 valence electrons. The number of amides is 3. The van der Waals surface area contributed by atoms with Gasteiger partial charge in [0.1, 0.15) is 6.04 Å². The number of nitrogens with zero attached hydrogens (tertiary/aromatic N) is 1. The van der Waals surface area contributed by atoms with E-state index in [4.69, 9.17) is 0 Å². The fraction of sp³-hybridized carbons (Fsp3) is 0.625. The van der Waals surface area contributed by atoms with Crippen LogP contribution in [0.25, 0.3) is 0 Å². The molecule has 2 unspecified atom stereocenters. The summed E-state index contributed by atoms with van der Waals surface area (Å²) in [5.74, 6) is -1.38. The lowest BCUT2D eigenvalue weighted by molar-refractivity contribution is -0.140. The van der Waals surface area contributed by atoms with Gasteiger partial charge in [-0.15, -0.1) is 11.8 Å². The number of benzene rings is 1. The molecule has 3 aliphatic heterocycles. The number of thioether (sulfide) groups is 1. The zero-order chi connectivity index (χ0) is 22.7. The van der Waals surface area contributed by atoms with Crippen molar-refractivity contribution in [2.45, 2.75) is 61.6 Å². The lowest BCUT2D eigenvalue weighted by atomic mass is 9.70. The molecule has 0 aliphatic carbocycles. The maximum absolute atomic E-state index is 13.5. The van der Waals surface area contributed by atoms with E-state index in [1.165, 1.54) is 4.90 Å². The zero-order valence-electron chi connectivity index (χ0n) is 18.6. The maximum atomic E-state index is 13.5. The Bertz CT molecular complexity index is 851. The Hall–Kier alpha value is -2.06. The number of aliphatic hydroxyl groups excluding tert-OH is 1. The number of hydrogen-bond acceptors (Lipinski definition) is 5. The molecule has 3 N–H and O–H groups in total. The van der Waals surface area contributed by atoms with Crippen LogP contribution >= 0.6 is 11.8 Å². The number of likely N-dealkylation sites (tertiary alicyclic amines) is 1. The van der Waals surface area contributed by atoms with Crippen LogP contribution < -0.4 is 10.6 Å². The van der Waals surface area contributed by atoms with E-state index < -0.39 is 22.6 Å². The second kappa shape index (κ2) is 9.83. The van der Waals surface area contributed by atoms with E-state index in [9.17, 15) is 19.5 Å². The second-order valence-corrected chi connectivity index (χ2v) is 10.6. The molecular formula is C24H33N3O4S. The van der Waals surface area contributed by atoms with Crippen LogP contribution in [0.4, 0.5) is 0 Å². The number of nitrogens with one attached hydrogen (secondary N) is 2. The van der Waals surface area contributed by atoms with Crippen molar-refractivity contribution >= 4 is 29.5 Å². The van der Waals surface area contributed by atoms with Crippen molar-refractivity contribution in [3.8, 4) is 0 Å². The average molecular weight is 460 g/mol. The minimum Gasteiger partial charge on any atom is -0.395 e. The summed E-state index contributed by atoms with van der Waals surface area (Å²) < 4.78 is -0.583. The van der Waals surface area contributed by atoms with Crippen LogP contribution in [-0.2, 0) is 20.9 Å². The first-order valence-corrected chi connectivity index (χ1v) is 12.6. The third kappa shape index (κ3) is 4.03. The van der Waals surface area contributed by atoms with Crippen LogP contribution in [0.5, 0.6) is 0 Å². The largest absolute Gasteiger partial charge is 0.395 e. The van der Waals surface area contributed by atoms with E-state index in [1.807, 2.05) is 30.3 Å². The Morgan fingerprint density at radius 1 is 1.19 bits per heavy atom. The molecule has 4 rings (SSSR count). The smallest absolute Gasteiger partial charge is 0.244 e. The van der Waals surface area contributed by atoms with E-state index in [0.717, 1.165) is 37.7 Å². The number of β-amino-alcohol motifs (C(OH)–C–C–N with tert-alkyl or cyclic N) is 1. The van der Waals surface area contributed by atoms with Gasteiger partial charge >= 0.3 is 0 Å². The van der Waals surface area contributed by atoms with E-state index >= 15 is 0 Å². The molecule has 3 amide bonds. The summed E-state index contributed by atoms with van der Waals surface area (Å²) in [6.07, 6.45) is 4.58. The number of fused-ring (bicyclic) bond motifs is 1. The Kier molecular flexibility index (Phi) is 7.10. The van der Waals surface area contributed by atoms with Crippen molar-refractivity contribution in [2.24, 2.45) is 11.8 Å². The van der Waals surface area contributed by atoms with Crippen molar-refractivity contribution in [2.75, 3.05) is 19.7 Å². The molecule has 7 nitrogen and oxygen atoms in total. The molecule has 1 spiro atoms. The van der Waals surface area contributed by atoms with Crippen molar-refractivity contribution in [1.82, 2.24) is 15.5 Å². The molecule has 1 aromatic rings. The van der Waals surface area contributed by atoms with Crippen LogP contribution in [0, 0.1) is 11.8 Å². The number of hydrogen-bond donors (Lipinski definition) is 3. The van der Waals surface area contributed by atoms with E-state index in [0.29, 0.717) is 13.1 Å². The molecule has 5 atom stereocenters. The maximum Gasteiger partial charge on any atom is 0.244 e. The Labute approximate surface area is 193 Å². The fourth-order valence-corrected chi connectivity index (χ4v) is 7.91. The molecule has 3 fully saturated rings. The van der Waals surface area contributed by atoms with Gasteiger partial charge in [0.2, 0.25) is 17.7 Å². The second-order valence-electron chi connectivity index (χ2n) is 9.01. The standard InChI is InChI=1S/C24H33N3O4S/c1-2-3-7-12-25-22(30)20-24-11-10-17(32-24)18(19(24)23(31)27(20)13-14-28)21(29)26-15-16-8-5-4-6-9-16/h4-6,8-9,17-20,28H,2-3,7,10-15H2,1H3,(H,25,30)(H,26,29)/t17-,18+,19-,20?,24?/m0/s1. The molecule has 0 saturated carbocycles. The molecule has 32 heavy (non-hydrogen) atoms. The van der Waals surface area contributed by atoms with Gasteiger partial charge in [0.05, 0.1) is 23.2 Å². The van der Waals surface area contributed by atoms with Crippen molar-refractivity contribution < 1.29 is 19.5 Å².